The predicted octanol–water partition coefficient (Wildman–Crippen LogP) is 4.32. The molecule has 1 saturated heterocycles. The number of nitrogens with one attached hydrogen (secondary N) is 2. The zero-order valence-electron chi connectivity index (χ0n) is 18.5. The Balaban J connectivity index is 1.78. The lowest BCUT2D eigenvalue weighted by molar-refractivity contribution is 0.560. The van der Waals surface area contributed by atoms with E-state index in [0.29, 0.717) is 16.8 Å². The van der Waals surface area contributed by atoms with Gasteiger partial charge in [0, 0.05) is 30.3 Å². The highest BCUT2D eigenvalue weighted by atomic mass is 32.2. The summed E-state index contributed by atoms with van der Waals surface area (Å²) in [6, 6.07) is 13.7. The van der Waals surface area contributed by atoms with Gasteiger partial charge >= 0.3 is 0 Å². The normalized spacial score (nSPS) is 18.8. The minimum Gasteiger partial charge on any atom is -0.351 e. The summed E-state index contributed by atoms with van der Waals surface area (Å²) in [5.41, 5.74) is 4.29. The van der Waals surface area contributed by atoms with Crippen molar-refractivity contribution in [3.8, 4) is 0 Å². The average molecular weight is 470 g/mol. The average Bonchev–Trinajstić information content (AvgIpc) is 3.34. The molecule has 0 saturated carbocycles. The van der Waals surface area contributed by atoms with Crippen LogP contribution in [0.3, 0.4) is 0 Å². The number of rotatable bonds is 6. The second kappa shape index (κ2) is 8.55. The molecule has 2 atom stereocenters. The number of thiocarbonyl (C=S) groups is 1. The highest BCUT2D eigenvalue weighted by Gasteiger charge is 2.41. The molecule has 7 nitrogen and oxygen atoms in total. The van der Waals surface area contributed by atoms with Gasteiger partial charge in [0.05, 0.1) is 29.7 Å². The van der Waals surface area contributed by atoms with Crippen molar-refractivity contribution >= 4 is 38.7 Å². The highest BCUT2D eigenvalue weighted by Crippen LogP contribution is 2.42. The van der Waals surface area contributed by atoms with Gasteiger partial charge in [-0.3, -0.25) is 9.71 Å². The first-order valence-electron chi connectivity index (χ1n) is 10.4. The maximum absolute atomic E-state index is 11.7. The SMILES string of the molecule is Cc1cc(N2C(=S)N[C@@H](c3ccccn3)[C@H]2c2ccn(C(C)C)c2)ccc1NS(C)(=O)=O. The first-order valence-corrected chi connectivity index (χ1v) is 12.7. The summed E-state index contributed by atoms with van der Waals surface area (Å²) >= 11 is 5.77. The molecule has 3 aromatic rings. The number of benzene rings is 1. The van der Waals surface area contributed by atoms with Crippen molar-refractivity contribution in [2.75, 3.05) is 15.9 Å². The number of aryl methyl sites for hydroxylation is 1. The minimum atomic E-state index is -3.36. The van der Waals surface area contributed by atoms with E-state index in [-0.39, 0.29) is 12.1 Å². The van der Waals surface area contributed by atoms with Gasteiger partial charge in [-0.1, -0.05) is 6.07 Å². The quantitative estimate of drug-likeness (QED) is 0.524. The largest absolute Gasteiger partial charge is 0.351 e. The number of nitrogens with zero attached hydrogens (tertiary/aromatic N) is 3. The van der Waals surface area contributed by atoms with E-state index >= 15 is 0 Å². The highest BCUT2D eigenvalue weighted by molar-refractivity contribution is 7.92. The van der Waals surface area contributed by atoms with E-state index in [1.807, 2.05) is 37.3 Å². The van der Waals surface area contributed by atoms with Crippen LogP contribution >= 0.6 is 12.2 Å². The number of anilines is 2. The van der Waals surface area contributed by atoms with Gasteiger partial charge in [0.15, 0.2) is 5.11 Å². The van der Waals surface area contributed by atoms with E-state index in [1.54, 1.807) is 12.3 Å². The zero-order valence-corrected chi connectivity index (χ0v) is 20.1. The Labute approximate surface area is 194 Å². The summed E-state index contributed by atoms with van der Waals surface area (Å²) in [5, 5.41) is 4.06. The topological polar surface area (TPSA) is 79.3 Å². The summed E-state index contributed by atoms with van der Waals surface area (Å²) in [7, 11) is -3.36. The van der Waals surface area contributed by atoms with Gasteiger partial charge in [-0.2, -0.15) is 0 Å². The summed E-state index contributed by atoms with van der Waals surface area (Å²) < 4.78 is 28.1. The Bertz CT molecular complexity index is 1240. The predicted molar refractivity (Wildman–Crippen MR) is 132 cm³/mol. The van der Waals surface area contributed by atoms with Crippen molar-refractivity contribution < 1.29 is 8.42 Å². The molecule has 1 aromatic carbocycles. The molecule has 4 rings (SSSR count). The second-order valence-corrected chi connectivity index (χ2v) is 10.5. The van der Waals surface area contributed by atoms with Gasteiger partial charge in [0.25, 0.3) is 0 Å². The third kappa shape index (κ3) is 4.49. The van der Waals surface area contributed by atoms with Crippen LogP contribution in [0.5, 0.6) is 0 Å². The maximum atomic E-state index is 11.7. The molecule has 0 spiro atoms. The molecule has 0 aliphatic carbocycles. The summed E-state index contributed by atoms with van der Waals surface area (Å²) in [4.78, 5) is 6.67. The molecular weight excluding hydrogens is 442 g/mol. The van der Waals surface area contributed by atoms with Crippen molar-refractivity contribution in [1.29, 1.82) is 0 Å². The zero-order chi connectivity index (χ0) is 23.0. The van der Waals surface area contributed by atoms with E-state index < -0.39 is 10.0 Å². The van der Waals surface area contributed by atoms with Gasteiger partial charge in [0.2, 0.25) is 10.0 Å². The standard InChI is InChI=1S/C23H27N5O2S2/c1-15(2)27-12-10-17(14-27)22-21(20-7-5-6-11-24-20)25-23(31)28(22)18-8-9-19(16(3)13-18)26-32(4,29)30/h5-15,21-22,26H,1-4H3,(H,25,31)/t21-,22+/m0/s1. The monoisotopic (exact) mass is 469 g/mol. The number of hydrogen-bond acceptors (Lipinski definition) is 4. The fourth-order valence-electron chi connectivity index (χ4n) is 4.01. The molecule has 2 N–H and O–H groups in total. The molecule has 3 heterocycles. The Hall–Kier alpha value is -2.91. The maximum Gasteiger partial charge on any atom is 0.229 e. The van der Waals surface area contributed by atoms with Crippen molar-refractivity contribution in [3.05, 3.63) is 77.9 Å². The van der Waals surface area contributed by atoms with Crippen LogP contribution in [0.1, 0.15) is 48.8 Å². The van der Waals surface area contributed by atoms with E-state index in [1.165, 1.54) is 0 Å². The lowest BCUT2D eigenvalue weighted by Crippen LogP contribution is -2.29. The van der Waals surface area contributed by atoms with Crippen molar-refractivity contribution in [2.45, 2.75) is 38.9 Å². The Morgan fingerprint density at radius 2 is 1.97 bits per heavy atom. The van der Waals surface area contributed by atoms with Crippen LogP contribution in [0.15, 0.2) is 61.1 Å². The first kappa shape index (κ1) is 22.3. The van der Waals surface area contributed by atoms with Gasteiger partial charge in [0.1, 0.15) is 0 Å². The molecule has 1 fully saturated rings. The fraction of sp³-hybridized carbons (Fsp3) is 0.304. The van der Waals surface area contributed by atoms with Crippen LogP contribution in [-0.4, -0.2) is 29.3 Å². The summed E-state index contributed by atoms with van der Waals surface area (Å²) in [6.07, 6.45) is 7.17. The van der Waals surface area contributed by atoms with Crippen LogP contribution < -0.4 is 14.9 Å². The van der Waals surface area contributed by atoms with Crippen LogP contribution in [0, 0.1) is 6.92 Å². The molecule has 1 aliphatic heterocycles. The summed E-state index contributed by atoms with van der Waals surface area (Å²) in [5.74, 6) is 0. The van der Waals surface area contributed by atoms with E-state index in [4.69, 9.17) is 12.2 Å². The summed E-state index contributed by atoms with van der Waals surface area (Å²) in [6.45, 7) is 6.17. The van der Waals surface area contributed by atoms with Crippen LogP contribution in [0.25, 0.3) is 0 Å². The van der Waals surface area contributed by atoms with Crippen LogP contribution in [-0.2, 0) is 10.0 Å². The number of sulfonamides is 1. The fourth-order valence-corrected chi connectivity index (χ4v) is 4.98. The molecule has 0 radical (unpaired) electrons. The van der Waals surface area contributed by atoms with Gasteiger partial charge in [-0.25, -0.2) is 8.42 Å². The number of hydrogen-bond donors (Lipinski definition) is 2. The molecule has 1 aliphatic rings. The molecule has 0 amide bonds. The third-order valence-electron chi connectivity index (χ3n) is 5.56. The second-order valence-electron chi connectivity index (χ2n) is 8.36. The number of aromatic nitrogens is 2. The van der Waals surface area contributed by atoms with E-state index in [2.05, 4.69) is 56.8 Å². The van der Waals surface area contributed by atoms with Crippen LogP contribution in [0.2, 0.25) is 0 Å². The molecule has 0 bridgehead atoms. The molecule has 0 unspecified atom stereocenters. The lowest BCUT2D eigenvalue weighted by Gasteiger charge is -2.28. The molecule has 32 heavy (non-hydrogen) atoms. The van der Waals surface area contributed by atoms with Gasteiger partial charge < -0.3 is 14.8 Å². The minimum absolute atomic E-state index is 0.106. The van der Waals surface area contributed by atoms with Crippen molar-refractivity contribution in [2.24, 2.45) is 0 Å². The van der Waals surface area contributed by atoms with Crippen molar-refractivity contribution in [3.63, 3.8) is 0 Å². The molecular formula is C23H27N5O2S2. The van der Waals surface area contributed by atoms with E-state index in [0.717, 1.165) is 28.8 Å². The van der Waals surface area contributed by atoms with Crippen molar-refractivity contribution in [1.82, 2.24) is 14.9 Å². The van der Waals surface area contributed by atoms with Gasteiger partial charge in [-0.15, -0.1) is 0 Å². The molecule has 9 heteroatoms. The van der Waals surface area contributed by atoms with E-state index in [9.17, 15) is 8.42 Å². The smallest absolute Gasteiger partial charge is 0.229 e. The lowest BCUT2D eigenvalue weighted by atomic mass is 9.98. The Morgan fingerprint density at radius 3 is 2.56 bits per heavy atom. The molecule has 2 aromatic heterocycles. The Morgan fingerprint density at radius 1 is 1.19 bits per heavy atom. The van der Waals surface area contributed by atoms with Gasteiger partial charge in [-0.05, 0) is 80.5 Å². The number of pyridine rings is 1. The molecule has 168 valence electrons. The Kier molecular flexibility index (Phi) is 5.96. The first-order chi connectivity index (χ1) is 15.1. The van der Waals surface area contributed by atoms with Crippen LogP contribution in [0.4, 0.5) is 11.4 Å². The third-order valence-corrected chi connectivity index (χ3v) is 6.46.